The SMILES string of the molecule is CCCNC(Cc1cc(C)nn1C)C1CC2CC2C1. The lowest BCUT2D eigenvalue weighted by molar-refractivity contribution is 0.328. The first-order chi connectivity index (χ1) is 9.17. The Morgan fingerprint density at radius 1 is 1.37 bits per heavy atom. The lowest BCUT2D eigenvalue weighted by Gasteiger charge is -2.26. The lowest BCUT2D eigenvalue weighted by atomic mass is 9.91. The topological polar surface area (TPSA) is 29.9 Å². The van der Waals surface area contributed by atoms with Gasteiger partial charge < -0.3 is 5.32 Å². The summed E-state index contributed by atoms with van der Waals surface area (Å²) in [6.45, 7) is 5.49. The fourth-order valence-electron chi connectivity index (χ4n) is 3.91. The molecule has 0 amide bonds. The summed E-state index contributed by atoms with van der Waals surface area (Å²) in [5.74, 6) is 3.04. The predicted molar refractivity (Wildman–Crippen MR) is 78.1 cm³/mol. The number of nitrogens with one attached hydrogen (secondary N) is 1. The molecule has 2 fully saturated rings. The van der Waals surface area contributed by atoms with Gasteiger partial charge in [0.25, 0.3) is 0 Å². The summed E-state index contributed by atoms with van der Waals surface area (Å²) in [6, 6.07) is 2.90. The van der Waals surface area contributed by atoms with Crippen molar-refractivity contribution in [3.63, 3.8) is 0 Å². The monoisotopic (exact) mass is 261 g/mol. The molecule has 3 unspecified atom stereocenters. The van der Waals surface area contributed by atoms with Crippen molar-refractivity contribution in [2.75, 3.05) is 6.54 Å². The molecule has 1 N–H and O–H groups in total. The van der Waals surface area contributed by atoms with Crippen molar-refractivity contribution in [3.8, 4) is 0 Å². The molecule has 3 atom stereocenters. The van der Waals surface area contributed by atoms with E-state index in [-0.39, 0.29) is 0 Å². The van der Waals surface area contributed by atoms with E-state index in [0.717, 1.165) is 36.4 Å². The highest BCUT2D eigenvalue weighted by Gasteiger charge is 2.47. The van der Waals surface area contributed by atoms with Gasteiger partial charge in [-0.1, -0.05) is 6.92 Å². The smallest absolute Gasteiger partial charge is 0.0596 e. The molecular weight excluding hydrogens is 234 g/mol. The Hall–Kier alpha value is -0.830. The molecule has 2 aliphatic carbocycles. The van der Waals surface area contributed by atoms with Crippen LogP contribution in [0.15, 0.2) is 6.07 Å². The minimum absolute atomic E-state index is 0.655. The van der Waals surface area contributed by atoms with Crippen LogP contribution in [0.4, 0.5) is 0 Å². The molecule has 0 aliphatic heterocycles. The summed E-state index contributed by atoms with van der Waals surface area (Å²) in [6.07, 6.45) is 6.80. The molecular formula is C16H27N3. The van der Waals surface area contributed by atoms with Crippen LogP contribution in [0.3, 0.4) is 0 Å². The van der Waals surface area contributed by atoms with Crippen molar-refractivity contribution in [1.29, 1.82) is 0 Å². The van der Waals surface area contributed by atoms with E-state index in [1.54, 1.807) is 0 Å². The highest BCUT2D eigenvalue weighted by atomic mass is 15.3. The predicted octanol–water partition coefficient (Wildman–Crippen LogP) is 2.69. The minimum Gasteiger partial charge on any atom is -0.313 e. The van der Waals surface area contributed by atoms with Crippen LogP contribution in [0.5, 0.6) is 0 Å². The minimum atomic E-state index is 0.655. The van der Waals surface area contributed by atoms with Crippen LogP contribution in [-0.2, 0) is 13.5 Å². The van der Waals surface area contributed by atoms with E-state index in [0.29, 0.717) is 6.04 Å². The van der Waals surface area contributed by atoms with E-state index in [2.05, 4.69) is 42.1 Å². The van der Waals surface area contributed by atoms with E-state index in [1.165, 1.54) is 31.4 Å². The van der Waals surface area contributed by atoms with E-state index in [4.69, 9.17) is 0 Å². The van der Waals surface area contributed by atoms with Crippen LogP contribution in [0.2, 0.25) is 0 Å². The fraction of sp³-hybridized carbons (Fsp3) is 0.812. The zero-order chi connectivity index (χ0) is 13.4. The molecule has 0 bridgehead atoms. The van der Waals surface area contributed by atoms with Gasteiger partial charge in [-0.15, -0.1) is 0 Å². The second-order valence-corrected chi connectivity index (χ2v) is 6.65. The number of fused-ring (bicyclic) bond motifs is 1. The Morgan fingerprint density at radius 2 is 2.11 bits per heavy atom. The molecule has 2 aliphatic rings. The van der Waals surface area contributed by atoms with Crippen molar-refractivity contribution in [2.45, 2.75) is 52.0 Å². The number of hydrogen-bond donors (Lipinski definition) is 1. The second kappa shape index (κ2) is 5.28. The van der Waals surface area contributed by atoms with Crippen LogP contribution in [0.1, 0.15) is 44.0 Å². The van der Waals surface area contributed by atoms with Gasteiger partial charge in [-0.25, -0.2) is 0 Å². The molecule has 1 aromatic rings. The first-order valence-corrected chi connectivity index (χ1v) is 7.90. The summed E-state index contributed by atoms with van der Waals surface area (Å²) < 4.78 is 2.06. The standard InChI is InChI=1S/C16H27N3/c1-4-5-17-16(14-8-12-7-13(12)9-14)10-15-6-11(2)18-19(15)3/h6,12-14,16-17H,4-5,7-10H2,1-3H3. The first-order valence-electron chi connectivity index (χ1n) is 7.90. The van der Waals surface area contributed by atoms with E-state index in [1.807, 2.05) is 0 Å². The maximum atomic E-state index is 4.48. The lowest BCUT2D eigenvalue weighted by Crippen LogP contribution is -2.38. The van der Waals surface area contributed by atoms with Gasteiger partial charge in [0, 0.05) is 25.2 Å². The quantitative estimate of drug-likeness (QED) is 0.853. The molecule has 1 heterocycles. The Bertz CT molecular complexity index is 427. The maximum Gasteiger partial charge on any atom is 0.0596 e. The summed E-state index contributed by atoms with van der Waals surface area (Å²) in [4.78, 5) is 0. The Labute approximate surface area is 116 Å². The normalized spacial score (nSPS) is 30.4. The van der Waals surface area contributed by atoms with Crippen LogP contribution in [0, 0.1) is 24.7 Å². The molecule has 0 spiro atoms. The molecule has 1 aromatic heterocycles. The van der Waals surface area contributed by atoms with Crippen LogP contribution in [-0.4, -0.2) is 22.4 Å². The van der Waals surface area contributed by atoms with Gasteiger partial charge in [0.05, 0.1) is 5.69 Å². The van der Waals surface area contributed by atoms with Crippen molar-refractivity contribution in [2.24, 2.45) is 24.8 Å². The summed E-state index contributed by atoms with van der Waals surface area (Å²) in [5, 5.41) is 8.28. The summed E-state index contributed by atoms with van der Waals surface area (Å²) >= 11 is 0. The largest absolute Gasteiger partial charge is 0.313 e. The van der Waals surface area contributed by atoms with Crippen molar-refractivity contribution in [3.05, 3.63) is 17.5 Å². The molecule has 0 saturated heterocycles. The first kappa shape index (κ1) is 13.2. The van der Waals surface area contributed by atoms with Gasteiger partial charge in [-0.2, -0.15) is 5.10 Å². The third-order valence-electron chi connectivity index (χ3n) is 5.03. The maximum absolute atomic E-state index is 4.48. The van der Waals surface area contributed by atoms with Crippen LogP contribution in [0.25, 0.3) is 0 Å². The van der Waals surface area contributed by atoms with Crippen molar-refractivity contribution < 1.29 is 0 Å². The summed E-state index contributed by atoms with van der Waals surface area (Å²) in [5.41, 5.74) is 2.52. The molecule has 0 radical (unpaired) electrons. The Balaban J connectivity index is 1.66. The van der Waals surface area contributed by atoms with E-state index < -0.39 is 0 Å². The Morgan fingerprint density at radius 3 is 2.68 bits per heavy atom. The van der Waals surface area contributed by atoms with Crippen molar-refractivity contribution in [1.82, 2.24) is 15.1 Å². The van der Waals surface area contributed by atoms with Crippen molar-refractivity contribution >= 4 is 0 Å². The van der Waals surface area contributed by atoms with E-state index in [9.17, 15) is 0 Å². The zero-order valence-electron chi connectivity index (χ0n) is 12.5. The van der Waals surface area contributed by atoms with Gasteiger partial charge >= 0.3 is 0 Å². The second-order valence-electron chi connectivity index (χ2n) is 6.65. The highest BCUT2D eigenvalue weighted by molar-refractivity contribution is 5.11. The molecule has 3 heteroatoms. The van der Waals surface area contributed by atoms with Gasteiger partial charge in [0.2, 0.25) is 0 Å². The van der Waals surface area contributed by atoms with Gasteiger partial charge in [0.1, 0.15) is 0 Å². The summed E-state index contributed by atoms with van der Waals surface area (Å²) in [7, 11) is 2.07. The number of hydrogen-bond acceptors (Lipinski definition) is 2. The molecule has 106 valence electrons. The fourth-order valence-corrected chi connectivity index (χ4v) is 3.91. The van der Waals surface area contributed by atoms with Crippen LogP contribution >= 0.6 is 0 Å². The van der Waals surface area contributed by atoms with E-state index >= 15 is 0 Å². The molecule has 3 rings (SSSR count). The molecule has 19 heavy (non-hydrogen) atoms. The molecule has 3 nitrogen and oxygen atoms in total. The highest BCUT2D eigenvalue weighted by Crippen LogP contribution is 2.55. The van der Waals surface area contributed by atoms with Gasteiger partial charge in [-0.3, -0.25) is 4.68 Å². The Kier molecular flexibility index (Phi) is 3.66. The average molecular weight is 261 g/mol. The number of rotatable bonds is 6. The average Bonchev–Trinajstić information content (AvgIpc) is 2.85. The molecule has 0 aromatic carbocycles. The zero-order valence-corrected chi connectivity index (χ0v) is 12.5. The van der Waals surface area contributed by atoms with Gasteiger partial charge in [0.15, 0.2) is 0 Å². The van der Waals surface area contributed by atoms with Crippen LogP contribution < -0.4 is 5.32 Å². The number of aryl methyl sites for hydroxylation is 2. The number of nitrogens with zero attached hydrogens (tertiary/aromatic N) is 2. The third kappa shape index (κ3) is 2.86. The van der Waals surface area contributed by atoms with Gasteiger partial charge in [-0.05, 0) is 63.0 Å². The molecule has 2 saturated carbocycles. The number of aromatic nitrogens is 2. The third-order valence-corrected chi connectivity index (χ3v) is 5.03.